The third-order valence-electron chi connectivity index (χ3n) is 4.17. The fraction of sp³-hybridized carbons (Fsp3) is 0.273. The molecule has 0 aliphatic rings. The summed E-state index contributed by atoms with van der Waals surface area (Å²) in [6.45, 7) is 3.37. The fourth-order valence-corrected chi connectivity index (χ4v) is 2.60. The summed E-state index contributed by atoms with van der Waals surface area (Å²) in [5.74, 6) is -1.98. The molecule has 8 heteroatoms. The van der Waals surface area contributed by atoms with Crippen molar-refractivity contribution in [2.75, 3.05) is 24.4 Å². The molecule has 0 saturated carbocycles. The molecule has 0 bridgehead atoms. The lowest BCUT2D eigenvalue weighted by Gasteiger charge is -2.09. The van der Waals surface area contributed by atoms with Crippen molar-refractivity contribution in [3.8, 4) is 0 Å². The van der Waals surface area contributed by atoms with Crippen LogP contribution in [0.2, 0.25) is 0 Å². The molecule has 2 aromatic carbocycles. The van der Waals surface area contributed by atoms with Crippen molar-refractivity contribution in [2.45, 2.75) is 26.7 Å². The average molecular weight is 412 g/mol. The van der Waals surface area contributed by atoms with Crippen LogP contribution in [-0.4, -0.2) is 37.5 Å². The molecular weight excluding hydrogens is 388 g/mol. The number of nitrogens with one attached hydrogen (secondary N) is 2. The minimum absolute atomic E-state index is 0.0528. The van der Waals surface area contributed by atoms with Crippen molar-refractivity contribution in [3.05, 3.63) is 59.2 Å². The number of anilines is 2. The van der Waals surface area contributed by atoms with Crippen LogP contribution in [0.5, 0.6) is 0 Å². The molecule has 30 heavy (non-hydrogen) atoms. The number of ether oxygens (including phenoxy) is 2. The molecule has 0 aliphatic heterocycles. The summed E-state index contributed by atoms with van der Waals surface area (Å²) in [6, 6.07) is 11.7. The van der Waals surface area contributed by atoms with Crippen LogP contribution in [-0.2, 0) is 23.9 Å². The van der Waals surface area contributed by atoms with Crippen molar-refractivity contribution >= 4 is 35.1 Å². The minimum atomic E-state index is -0.651. The third kappa shape index (κ3) is 7.05. The molecule has 0 heterocycles. The zero-order valence-electron chi connectivity index (χ0n) is 17.1. The lowest BCUT2D eigenvalue weighted by atomic mass is 10.1. The molecule has 0 unspecified atom stereocenters. The number of benzene rings is 2. The molecule has 158 valence electrons. The summed E-state index contributed by atoms with van der Waals surface area (Å²) in [6.07, 6.45) is -0.194. The Morgan fingerprint density at radius 3 is 2.20 bits per heavy atom. The molecule has 0 radical (unpaired) electrons. The Hall–Kier alpha value is -3.68. The largest absolute Gasteiger partial charge is 0.465 e. The Balaban J connectivity index is 1.71. The zero-order valence-corrected chi connectivity index (χ0v) is 17.1. The first-order valence-corrected chi connectivity index (χ1v) is 9.29. The minimum Gasteiger partial charge on any atom is -0.465 e. The van der Waals surface area contributed by atoms with Crippen molar-refractivity contribution in [2.24, 2.45) is 0 Å². The summed E-state index contributed by atoms with van der Waals surface area (Å²) in [7, 11) is 1.28. The number of rotatable bonds is 8. The lowest BCUT2D eigenvalue weighted by molar-refractivity contribution is -0.147. The van der Waals surface area contributed by atoms with E-state index in [-0.39, 0.29) is 18.7 Å². The summed E-state index contributed by atoms with van der Waals surface area (Å²) in [5, 5.41) is 5.29. The summed E-state index contributed by atoms with van der Waals surface area (Å²) in [4.78, 5) is 47.0. The Morgan fingerprint density at radius 1 is 0.867 bits per heavy atom. The second-order valence-electron chi connectivity index (χ2n) is 6.64. The van der Waals surface area contributed by atoms with Gasteiger partial charge in [0.1, 0.15) is 0 Å². The highest BCUT2D eigenvalue weighted by Gasteiger charge is 2.12. The van der Waals surface area contributed by atoms with Crippen LogP contribution in [0.1, 0.15) is 34.3 Å². The van der Waals surface area contributed by atoms with Crippen LogP contribution in [0.3, 0.4) is 0 Å². The van der Waals surface area contributed by atoms with Gasteiger partial charge in [0.05, 0.1) is 19.1 Å². The van der Waals surface area contributed by atoms with E-state index in [2.05, 4.69) is 15.4 Å². The third-order valence-corrected chi connectivity index (χ3v) is 4.17. The molecule has 8 nitrogen and oxygen atoms in total. The van der Waals surface area contributed by atoms with E-state index in [4.69, 9.17) is 4.74 Å². The van der Waals surface area contributed by atoms with E-state index >= 15 is 0 Å². The van der Waals surface area contributed by atoms with Crippen LogP contribution < -0.4 is 10.6 Å². The van der Waals surface area contributed by atoms with Gasteiger partial charge in [-0.25, -0.2) is 4.79 Å². The monoisotopic (exact) mass is 412 g/mol. The number of carbonyl (C=O) groups excluding carboxylic acids is 4. The van der Waals surface area contributed by atoms with Crippen LogP contribution in [0.15, 0.2) is 42.5 Å². The zero-order chi connectivity index (χ0) is 22.1. The van der Waals surface area contributed by atoms with Crippen molar-refractivity contribution < 1.29 is 28.7 Å². The highest BCUT2D eigenvalue weighted by Crippen LogP contribution is 2.16. The number of hydrogen-bond acceptors (Lipinski definition) is 6. The highest BCUT2D eigenvalue weighted by atomic mass is 16.5. The maximum atomic E-state index is 12.0. The summed E-state index contributed by atoms with van der Waals surface area (Å²) < 4.78 is 9.48. The molecule has 2 amide bonds. The molecule has 0 atom stereocenters. The standard InChI is InChI=1S/C22H24N2O6/c1-14-4-9-18(15(2)12-14)24-19(25)10-11-21(27)30-13-20(26)23-17-7-5-16(6-8-17)22(28)29-3/h4-9,12H,10-11,13H2,1-3H3,(H,23,26)(H,24,25). The lowest BCUT2D eigenvalue weighted by Crippen LogP contribution is -2.22. The van der Waals surface area contributed by atoms with E-state index in [0.29, 0.717) is 16.9 Å². The van der Waals surface area contributed by atoms with Gasteiger partial charge >= 0.3 is 11.9 Å². The van der Waals surface area contributed by atoms with Crippen LogP contribution in [0.4, 0.5) is 11.4 Å². The predicted molar refractivity (Wildman–Crippen MR) is 111 cm³/mol. The Morgan fingerprint density at radius 2 is 1.57 bits per heavy atom. The van der Waals surface area contributed by atoms with E-state index in [1.165, 1.54) is 31.4 Å². The molecule has 0 aliphatic carbocycles. The number of esters is 2. The molecular formula is C22H24N2O6. The maximum Gasteiger partial charge on any atom is 0.337 e. The Bertz CT molecular complexity index is 937. The van der Waals surface area contributed by atoms with E-state index in [1.54, 1.807) is 0 Å². The van der Waals surface area contributed by atoms with Gasteiger partial charge in [-0.3, -0.25) is 14.4 Å². The van der Waals surface area contributed by atoms with Crippen LogP contribution in [0, 0.1) is 13.8 Å². The number of amides is 2. The first kappa shape index (κ1) is 22.6. The van der Waals surface area contributed by atoms with Gasteiger partial charge in [0.25, 0.3) is 5.91 Å². The van der Waals surface area contributed by atoms with Gasteiger partial charge in [-0.2, -0.15) is 0 Å². The maximum absolute atomic E-state index is 12.0. The first-order chi connectivity index (χ1) is 14.3. The van der Waals surface area contributed by atoms with Crippen molar-refractivity contribution in [3.63, 3.8) is 0 Å². The highest BCUT2D eigenvalue weighted by molar-refractivity contribution is 5.95. The molecule has 2 aromatic rings. The second-order valence-corrected chi connectivity index (χ2v) is 6.64. The van der Waals surface area contributed by atoms with E-state index < -0.39 is 24.5 Å². The topological polar surface area (TPSA) is 111 Å². The smallest absolute Gasteiger partial charge is 0.337 e. The molecule has 2 rings (SSSR count). The van der Waals surface area contributed by atoms with Crippen LogP contribution in [0.25, 0.3) is 0 Å². The first-order valence-electron chi connectivity index (χ1n) is 9.29. The quantitative estimate of drug-likeness (QED) is 0.645. The van der Waals surface area contributed by atoms with Gasteiger partial charge in [0.15, 0.2) is 6.61 Å². The number of hydrogen-bond donors (Lipinski definition) is 2. The van der Waals surface area contributed by atoms with E-state index in [1.807, 2.05) is 32.0 Å². The molecule has 0 fully saturated rings. The Labute approximate surface area is 174 Å². The molecule has 0 spiro atoms. The predicted octanol–water partition coefficient (Wildman–Crippen LogP) is 2.99. The SMILES string of the molecule is COC(=O)c1ccc(NC(=O)COC(=O)CCC(=O)Nc2ccc(C)cc2C)cc1. The van der Waals surface area contributed by atoms with Gasteiger partial charge < -0.3 is 20.1 Å². The normalized spacial score (nSPS) is 10.1. The van der Waals surface area contributed by atoms with Gasteiger partial charge in [-0.15, -0.1) is 0 Å². The van der Waals surface area contributed by atoms with E-state index in [0.717, 1.165) is 11.1 Å². The molecule has 0 aromatic heterocycles. The number of carbonyl (C=O) groups is 4. The van der Waals surface area contributed by atoms with Crippen molar-refractivity contribution in [1.82, 2.24) is 0 Å². The fourth-order valence-electron chi connectivity index (χ4n) is 2.60. The summed E-state index contributed by atoms with van der Waals surface area (Å²) in [5.41, 5.74) is 3.50. The van der Waals surface area contributed by atoms with Gasteiger partial charge in [0.2, 0.25) is 5.91 Å². The van der Waals surface area contributed by atoms with Gasteiger partial charge in [-0.05, 0) is 49.7 Å². The number of aryl methyl sites for hydroxylation is 2. The van der Waals surface area contributed by atoms with Crippen LogP contribution >= 0.6 is 0 Å². The summed E-state index contributed by atoms with van der Waals surface area (Å²) >= 11 is 0. The second kappa shape index (κ2) is 10.8. The molecule has 2 N–H and O–H groups in total. The Kier molecular flexibility index (Phi) is 8.10. The van der Waals surface area contributed by atoms with E-state index in [9.17, 15) is 19.2 Å². The van der Waals surface area contributed by atoms with Gasteiger partial charge in [0, 0.05) is 17.8 Å². The molecule has 0 saturated heterocycles. The number of methoxy groups -OCH3 is 1. The van der Waals surface area contributed by atoms with Gasteiger partial charge in [-0.1, -0.05) is 17.7 Å². The van der Waals surface area contributed by atoms with Crippen molar-refractivity contribution in [1.29, 1.82) is 0 Å². The average Bonchev–Trinajstić information content (AvgIpc) is 2.72.